The first-order valence-corrected chi connectivity index (χ1v) is 15.2. The van der Waals surface area contributed by atoms with E-state index in [0.717, 1.165) is 0 Å². The molecule has 33 heavy (non-hydrogen) atoms. The molecule has 0 bridgehead atoms. The summed E-state index contributed by atoms with van der Waals surface area (Å²) in [4.78, 5) is 44.8. The van der Waals surface area contributed by atoms with Crippen LogP contribution in [0.3, 0.4) is 0 Å². The lowest BCUT2D eigenvalue weighted by atomic mass is 10.1. The van der Waals surface area contributed by atoms with Gasteiger partial charge >= 0.3 is 6.03 Å². The molecular formula is C22H31ClN4O5Si. The van der Waals surface area contributed by atoms with E-state index in [9.17, 15) is 14.4 Å². The molecule has 2 aromatic rings. The standard InChI is InChI=1S/C22H31ClN4O5Si/c1-5-15(19(28)21-25-16-12-14(23)6-7-18(16)32-21)24-20(29)17(13-33(2,3)4)26-22(30)27-8-10-31-11-9-27/h6-7,12,15,17H,5,8-11,13H2,1-4H3,(H,24,29)(H,26,30)/t15-,17-/m0/s1. The fourth-order valence-corrected chi connectivity index (χ4v) is 5.29. The van der Waals surface area contributed by atoms with Crippen molar-refractivity contribution in [2.24, 2.45) is 0 Å². The summed E-state index contributed by atoms with van der Waals surface area (Å²) in [6.45, 7) is 10.1. The quantitative estimate of drug-likeness (QED) is 0.430. The molecule has 0 aliphatic carbocycles. The molecule has 2 atom stereocenters. The molecule has 1 aromatic carbocycles. The normalized spacial score (nSPS) is 16.3. The number of benzene rings is 1. The van der Waals surface area contributed by atoms with Crippen LogP contribution in [-0.4, -0.2) is 74.1 Å². The van der Waals surface area contributed by atoms with Crippen molar-refractivity contribution in [3.63, 3.8) is 0 Å². The minimum absolute atomic E-state index is 0.0847. The van der Waals surface area contributed by atoms with E-state index in [-0.39, 0.29) is 11.9 Å². The van der Waals surface area contributed by atoms with Crippen LogP contribution in [0.4, 0.5) is 4.79 Å². The van der Waals surface area contributed by atoms with Gasteiger partial charge in [-0.3, -0.25) is 9.59 Å². The molecule has 3 amide bonds. The zero-order valence-electron chi connectivity index (χ0n) is 19.4. The predicted octanol–water partition coefficient (Wildman–Crippen LogP) is 3.31. The second-order valence-electron chi connectivity index (χ2n) is 9.33. The van der Waals surface area contributed by atoms with E-state index < -0.39 is 31.8 Å². The molecule has 3 rings (SSSR count). The number of nitrogens with zero attached hydrogens (tertiary/aromatic N) is 2. The number of urea groups is 1. The maximum absolute atomic E-state index is 13.2. The molecular weight excluding hydrogens is 464 g/mol. The number of carbonyl (C=O) groups is 3. The van der Waals surface area contributed by atoms with Gasteiger partial charge in [0.2, 0.25) is 11.7 Å². The number of rotatable bonds is 8. The van der Waals surface area contributed by atoms with Crippen molar-refractivity contribution >= 4 is 48.5 Å². The van der Waals surface area contributed by atoms with Gasteiger partial charge in [0, 0.05) is 26.2 Å². The Labute approximate surface area is 199 Å². The summed E-state index contributed by atoms with van der Waals surface area (Å²) >= 11 is 5.99. The van der Waals surface area contributed by atoms with Crippen molar-refractivity contribution in [2.45, 2.75) is 51.1 Å². The summed E-state index contributed by atoms with van der Waals surface area (Å²) in [5.74, 6) is -0.902. The maximum atomic E-state index is 13.2. The summed E-state index contributed by atoms with van der Waals surface area (Å²) in [7, 11) is -1.73. The lowest BCUT2D eigenvalue weighted by Crippen LogP contribution is -2.57. The minimum Gasteiger partial charge on any atom is -0.434 e. The Kier molecular flexibility index (Phi) is 8.14. The molecule has 9 nitrogen and oxygen atoms in total. The third-order valence-electron chi connectivity index (χ3n) is 5.33. The average molecular weight is 495 g/mol. The number of amides is 3. The van der Waals surface area contributed by atoms with Crippen LogP contribution in [0.15, 0.2) is 22.6 Å². The van der Waals surface area contributed by atoms with Crippen molar-refractivity contribution in [2.75, 3.05) is 26.3 Å². The van der Waals surface area contributed by atoms with Gasteiger partial charge in [0.1, 0.15) is 11.6 Å². The molecule has 1 aliphatic heterocycles. The number of hydrogen-bond donors (Lipinski definition) is 2. The molecule has 1 fully saturated rings. The molecule has 0 saturated carbocycles. The SMILES string of the molecule is CC[C@H](NC(=O)[C@H](C[Si](C)(C)C)NC(=O)N1CCOCC1)C(=O)c1nc2cc(Cl)ccc2o1. The number of carbonyl (C=O) groups excluding carboxylic acids is 3. The molecule has 0 spiro atoms. The number of fused-ring (bicyclic) bond motifs is 1. The molecule has 2 N–H and O–H groups in total. The number of nitrogens with one attached hydrogen (secondary N) is 2. The Morgan fingerprint density at radius 3 is 2.48 bits per heavy atom. The van der Waals surface area contributed by atoms with Gasteiger partial charge in [0.25, 0.3) is 5.89 Å². The van der Waals surface area contributed by atoms with Crippen LogP contribution in [0.1, 0.15) is 24.0 Å². The average Bonchev–Trinajstić information content (AvgIpc) is 3.19. The molecule has 2 heterocycles. The second-order valence-corrected chi connectivity index (χ2v) is 15.3. The molecule has 11 heteroatoms. The van der Waals surface area contributed by atoms with Crippen molar-refractivity contribution < 1.29 is 23.5 Å². The summed E-state index contributed by atoms with van der Waals surface area (Å²) in [6.07, 6.45) is 0.348. The van der Waals surface area contributed by atoms with E-state index >= 15 is 0 Å². The first-order valence-electron chi connectivity index (χ1n) is 11.1. The zero-order chi connectivity index (χ0) is 24.2. The van der Waals surface area contributed by atoms with E-state index in [0.29, 0.717) is 54.9 Å². The highest BCUT2D eigenvalue weighted by molar-refractivity contribution is 6.76. The highest BCUT2D eigenvalue weighted by Crippen LogP contribution is 2.21. The summed E-state index contributed by atoms with van der Waals surface area (Å²) in [6, 6.07) is 3.59. The number of hydrogen-bond acceptors (Lipinski definition) is 6. The van der Waals surface area contributed by atoms with Gasteiger partial charge in [-0.05, 0) is 30.7 Å². The van der Waals surface area contributed by atoms with Crippen LogP contribution in [0.25, 0.3) is 11.1 Å². The number of Topliss-reactive ketones (excluding diaryl/α,β-unsaturated/α-hetero) is 1. The van der Waals surface area contributed by atoms with Gasteiger partial charge in [-0.2, -0.15) is 0 Å². The molecule has 180 valence electrons. The number of oxazole rings is 1. The smallest absolute Gasteiger partial charge is 0.318 e. The molecule has 1 aliphatic rings. The zero-order valence-corrected chi connectivity index (χ0v) is 21.2. The molecule has 1 saturated heterocycles. The molecule has 0 radical (unpaired) electrons. The molecule has 0 unspecified atom stereocenters. The fourth-order valence-electron chi connectivity index (χ4n) is 3.61. The van der Waals surface area contributed by atoms with Crippen molar-refractivity contribution in [3.05, 3.63) is 29.1 Å². The van der Waals surface area contributed by atoms with Gasteiger partial charge in [0.15, 0.2) is 5.58 Å². The fraction of sp³-hybridized carbons (Fsp3) is 0.545. The summed E-state index contributed by atoms with van der Waals surface area (Å²) < 4.78 is 10.9. The maximum Gasteiger partial charge on any atom is 0.318 e. The van der Waals surface area contributed by atoms with Gasteiger partial charge in [-0.15, -0.1) is 0 Å². The number of ether oxygens (including phenoxy) is 1. The van der Waals surface area contributed by atoms with Gasteiger partial charge < -0.3 is 24.7 Å². The Morgan fingerprint density at radius 1 is 1.15 bits per heavy atom. The Balaban J connectivity index is 1.73. The topological polar surface area (TPSA) is 114 Å². The van der Waals surface area contributed by atoms with Crippen LogP contribution in [0.5, 0.6) is 0 Å². The summed E-state index contributed by atoms with van der Waals surface area (Å²) in [5.41, 5.74) is 0.916. The number of halogens is 1. The minimum atomic E-state index is -1.73. The number of ketones is 1. The highest BCUT2D eigenvalue weighted by atomic mass is 35.5. The van der Waals surface area contributed by atoms with Gasteiger partial charge in [-0.25, -0.2) is 9.78 Å². The number of aromatic nitrogens is 1. The molecule has 1 aromatic heterocycles. The van der Waals surface area contributed by atoms with E-state index in [1.165, 1.54) is 0 Å². The van der Waals surface area contributed by atoms with Crippen molar-refractivity contribution in [1.82, 2.24) is 20.5 Å². The highest BCUT2D eigenvalue weighted by Gasteiger charge is 2.33. The summed E-state index contributed by atoms with van der Waals surface area (Å²) in [5, 5.41) is 6.16. The monoisotopic (exact) mass is 494 g/mol. The first-order chi connectivity index (χ1) is 15.6. The van der Waals surface area contributed by atoms with E-state index in [2.05, 4.69) is 35.3 Å². The Bertz CT molecular complexity index is 1020. The second kappa shape index (κ2) is 10.7. The first kappa shape index (κ1) is 25.2. The predicted molar refractivity (Wildman–Crippen MR) is 128 cm³/mol. The Morgan fingerprint density at radius 2 is 1.85 bits per heavy atom. The van der Waals surface area contributed by atoms with Crippen LogP contribution >= 0.6 is 11.6 Å². The van der Waals surface area contributed by atoms with Crippen LogP contribution in [-0.2, 0) is 9.53 Å². The van der Waals surface area contributed by atoms with Crippen molar-refractivity contribution in [1.29, 1.82) is 0 Å². The number of morpholine rings is 1. The van der Waals surface area contributed by atoms with Crippen LogP contribution in [0.2, 0.25) is 30.7 Å². The van der Waals surface area contributed by atoms with Crippen LogP contribution in [0, 0.1) is 0 Å². The van der Waals surface area contributed by atoms with E-state index in [1.54, 1.807) is 30.0 Å². The lowest BCUT2D eigenvalue weighted by molar-refractivity contribution is -0.123. The van der Waals surface area contributed by atoms with Gasteiger partial charge in [-0.1, -0.05) is 38.2 Å². The lowest BCUT2D eigenvalue weighted by Gasteiger charge is -2.31. The Hall–Kier alpha value is -2.43. The van der Waals surface area contributed by atoms with E-state index in [4.69, 9.17) is 20.8 Å². The van der Waals surface area contributed by atoms with Crippen molar-refractivity contribution in [3.8, 4) is 0 Å². The van der Waals surface area contributed by atoms with Crippen LogP contribution < -0.4 is 10.6 Å². The third-order valence-corrected chi connectivity index (χ3v) is 7.20. The van der Waals surface area contributed by atoms with E-state index in [1.807, 2.05) is 0 Å². The van der Waals surface area contributed by atoms with Gasteiger partial charge in [0.05, 0.1) is 19.3 Å². The third kappa shape index (κ3) is 6.78. The largest absolute Gasteiger partial charge is 0.434 e.